The van der Waals surface area contributed by atoms with Crippen molar-refractivity contribution in [2.75, 3.05) is 19.1 Å². The molecule has 8 heteroatoms. The lowest BCUT2D eigenvalue weighted by molar-refractivity contribution is -0.117. The van der Waals surface area contributed by atoms with Gasteiger partial charge in [-0.2, -0.15) is 0 Å². The summed E-state index contributed by atoms with van der Waals surface area (Å²) in [4.78, 5) is 34.2. The van der Waals surface area contributed by atoms with Crippen LogP contribution in [0.25, 0.3) is 10.6 Å². The summed E-state index contributed by atoms with van der Waals surface area (Å²) >= 11 is 1.25. The Morgan fingerprint density at radius 1 is 1.00 bits per heavy atom. The van der Waals surface area contributed by atoms with Gasteiger partial charge in [0.05, 0.1) is 42.1 Å². The number of methoxy groups -OCH3 is 2. The van der Waals surface area contributed by atoms with Crippen LogP contribution in [-0.2, 0) is 11.2 Å². The molecule has 0 fully saturated rings. The SMILES string of the molecule is CCc1ccc(C2C(C(=O)c3sc(-c4ccccc4)nc3C)=C(O)C(=O)N2c2cc(OC)cc(OC)c2)cc1. The number of aryl methyl sites for hydroxylation is 2. The number of rotatable bonds is 8. The monoisotopic (exact) mass is 540 g/mol. The van der Waals surface area contributed by atoms with E-state index < -0.39 is 23.5 Å². The Morgan fingerprint density at radius 3 is 2.23 bits per heavy atom. The zero-order valence-electron chi connectivity index (χ0n) is 22.1. The van der Waals surface area contributed by atoms with Crippen LogP contribution in [0.3, 0.4) is 0 Å². The van der Waals surface area contributed by atoms with E-state index in [0.717, 1.165) is 17.5 Å². The number of aliphatic hydroxyl groups is 1. The maximum atomic E-state index is 14.1. The topological polar surface area (TPSA) is 89.0 Å². The maximum absolute atomic E-state index is 14.1. The van der Waals surface area contributed by atoms with Crippen molar-refractivity contribution >= 4 is 28.7 Å². The highest BCUT2D eigenvalue weighted by Crippen LogP contribution is 2.45. The number of hydrogen-bond donors (Lipinski definition) is 1. The minimum atomic E-state index is -0.866. The fourth-order valence-corrected chi connectivity index (χ4v) is 5.75. The van der Waals surface area contributed by atoms with Crippen molar-refractivity contribution in [2.24, 2.45) is 0 Å². The summed E-state index contributed by atoms with van der Waals surface area (Å²) < 4.78 is 10.9. The molecule has 1 atom stereocenters. The molecule has 1 aliphatic rings. The number of carbonyl (C=O) groups is 2. The lowest BCUT2D eigenvalue weighted by Gasteiger charge is -2.27. The van der Waals surface area contributed by atoms with Crippen molar-refractivity contribution in [3.05, 3.63) is 106 Å². The first-order chi connectivity index (χ1) is 18.9. The van der Waals surface area contributed by atoms with Crippen LogP contribution >= 0.6 is 11.3 Å². The highest BCUT2D eigenvalue weighted by molar-refractivity contribution is 7.17. The average molecular weight is 541 g/mol. The van der Waals surface area contributed by atoms with E-state index in [1.165, 1.54) is 30.5 Å². The number of benzene rings is 3. The van der Waals surface area contributed by atoms with Gasteiger partial charge in [0.1, 0.15) is 16.5 Å². The predicted octanol–water partition coefficient (Wildman–Crippen LogP) is 6.48. The summed E-state index contributed by atoms with van der Waals surface area (Å²) in [6.45, 7) is 3.82. The molecule has 3 aromatic carbocycles. The van der Waals surface area contributed by atoms with Crippen LogP contribution in [0.15, 0.2) is 84.1 Å². The first kappa shape index (κ1) is 26.2. The standard InChI is InChI=1S/C31H28N2O5S/c1-5-19-11-13-20(14-12-19)26-25(27(34)29-18(2)32-30(39-29)21-9-7-6-8-10-21)28(35)31(36)33(26)22-15-23(37-3)17-24(16-22)38-4/h6-17,26,35H,5H2,1-4H3. The minimum absolute atomic E-state index is 0.0115. The van der Waals surface area contributed by atoms with Crippen LogP contribution < -0.4 is 14.4 Å². The molecule has 1 unspecified atom stereocenters. The zero-order chi connectivity index (χ0) is 27.7. The molecular formula is C31H28N2O5S. The number of Topliss-reactive ketones (excluding diaryl/α,β-unsaturated/α-hetero) is 1. The van der Waals surface area contributed by atoms with Gasteiger partial charge in [-0.3, -0.25) is 14.5 Å². The van der Waals surface area contributed by atoms with Crippen LogP contribution in [0, 0.1) is 6.92 Å². The lowest BCUT2D eigenvalue weighted by atomic mass is 9.94. The summed E-state index contributed by atoms with van der Waals surface area (Å²) in [6.07, 6.45) is 0.843. The fourth-order valence-electron chi connectivity index (χ4n) is 4.72. The number of aliphatic hydroxyl groups excluding tert-OH is 1. The second-order valence-electron chi connectivity index (χ2n) is 9.13. The molecule has 0 saturated heterocycles. The molecule has 7 nitrogen and oxygen atoms in total. The van der Waals surface area contributed by atoms with Crippen LogP contribution in [0.2, 0.25) is 0 Å². The van der Waals surface area contributed by atoms with E-state index in [2.05, 4.69) is 11.9 Å². The third kappa shape index (κ3) is 4.79. The normalized spacial score (nSPS) is 15.1. The number of ketones is 1. The van der Waals surface area contributed by atoms with Crippen molar-refractivity contribution < 1.29 is 24.2 Å². The van der Waals surface area contributed by atoms with E-state index in [1.807, 2.05) is 54.6 Å². The van der Waals surface area contributed by atoms with Gasteiger partial charge in [-0.15, -0.1) is 11.3 Å². The molecule has 1 aromatic heterocycles. The molecular weight excluding hydrogens is 512 g/mol. The number of hydrogen-bond acceptors (Lipinski definition) is 7. The molecule has 1 N–H and O–H groups in total. The minimum Gasteiger partial charge on any atom is -0.503 e. The van der Waals surface area contributed by atoms with Gasteiger partial charge in [0.15, 0.2) is 5.76 Å². The Morgan fingerprint density at radius 2 is 1.64 bits per heavy atom. The molecule has 1 aliphatic heterocycles. The van der Waals surface area contributed by atoms with Crippen LogP contribution in [0.1, 0.15) is 39.5 Å². The van der Waals surface area contributed by atoms with E-state index in [9.17, 15) is 14.7 Å². The molecule has 0 radical (unpaired) electrons. The maximum Gasteiger partial charge on any atom is 0.294 e. The van der Waals surface area contributed by atoms with Crippen LogP contribution in [0.4, 0.5) is 5.69 Å². The Hall–Kier alpha value is -4.43. The molecule has 5 rings (SSSR count). The number of anilines is 1. The largest absolute Gasteiger partial charge is 0.503 e. The van der Waals surface area contributed by atoms with Gasteiger partial charge in [-0.25, -0.2) is 4.98 Å². The van der Waals surface area contributed by atoms with E-state index in [0.29, 0.717) is 38.3 Å². The van der Waals surface area contributed by atoms with Gasteiger partial charge < -0.3 is 14.6 Å². The summed E-state index contributed by atoms with van der Waals surface area (Å²) in [5, 5.41) is 11.9. The molecule has 39 heavy (non-hydrogen) atoms. The van der Waals surface area contributed by atoms with E-state index in [1.54, 1.807) is 25.1 Å². The molecule has 4 aromatic rings. The molecule has 0 saturated carbocycles. The zero-order valence-corrected chi connectivity index (χ0v) is 22.9. The number of thiazole rings is 1. The van der Waals surface area contributed by atoms with Gasteiger partial charge in [0.2, 0.25) is 5.78 Å². The lowest BCUT2D eigenvalue weighted by Crippen LogP contribution is -2.31. The van der Waals surface area contributed by atoms with Gasteiger partial charge in [0, 0.05) is 23.8 Å². The van der Waals surface area contributed by atoms with Gasteiger partial charge in [-0.05, 0) is 24.5 Å². The van der Waals surface area contributed by atoms with Crippen LogP contribution in [-0.4, -0.2) is 36.0 Å². The van der Waals surface area contributed by atoms with Crippen molar-refractivity contribution in [3.63, 3.8) is 0 Å². The molecule has 1 amide bonds. The summed E-state index contributed by atoms with van der Waals surface area (Å²) in [5.41, 5.74) is 3.68. The molecule has 2 heterocycles. The molecule has 0 aliphatic carbocycles. The molecule has 198 valence electrons. The Labute approximate surface area is 231 Å². The van der Waals surface area contributed by atoms with Gasteiger partial charge >= 0.3 is 0 Å². The smallest absolute Gasteiger partial charge is 0.294 e. The van der Waals surface area contributed by atoms with Crippen molar-refractivity contribution in [3.8, 4) is 22.1 Å². The summed E-state index contributed by atoms with van der Waals surface area (Å²) in [5.74, 6) is -0.742. The highest BCUT2D eigenvalue weighted by Gasteiger charge is 2.45. The van der Waals surface area contributed by atoms with Crippen molar-refractivity contribution in [2.45, 2.75) is 26.3 Å². The second-order valence-corrected chi connectivity index (χ2v) is 10.1. The Kier molecular flexibility index (Phi) is 7.21. The van der Waals surface area contributed by atoms with Gasteiger partial charge in [-0.1, -0.05) is 61.5 Å². The highest BCUT2D eigenvalue weighted by atomic mass is 32.1. The summed E-state index contributed by atoms with van der Waals surface area (Å²) in [7, 11) is 3.04. The number of aromatic nitrogens is 1. The Bertz CT molecular complexity index is 1550. The van der Waals surface area contributed by atoms with E-state index >= 15 is 0 Å². The Balaban J connectivity index is 1.65. The quantitative estimate of drug-likeness (QED) is 0.257. The van der Waals surface area contributed by atoms with Crippen molar-refractivity contribution in [1.29, 1.82) is 0 Å². The number of nitrogens with zero attached hydrogens (tertiary/aromatic N) is 2. The van der Waals surface area contributed by atoms with Crippen molar-refractivity contribution in [1.82, 2.24) is 4.98 Å². The number of ether oxygens (including phenoxy) is 2. The van der Waals surface area contributed by atoms with Crippen LogP contribution in [0.5, 0.6) is 11.5 Å². The first-order valence-electron chi connectivity index (χ1n) is 12.5. The first-order valence-corrected chi connectivity index (χ1v) is 13.3. The third-order valence-electron chi connectivity index (χ3n) is 6.79. The number of carbonyl (C=O) groups excluding carboxylic acids is 2. The second kappa shape index (κ2) is 10.7. The fraction of sp³-hybridized carbons (Fsp3) is 0.194. The van der Waals surface area contributed by atoms with E-state index in [4.69, 9.17) is 9.47 Å². The molecule has 0 spiro atoms. The summed E-state index contributed by atoms with van der Waals surface area (Å²) in [6, 6.07) is 21.5. The molecule has 0 bridgehead atoms. The third-order valence-corrected chi connectivity index (χ3v) is 8.00. The van der Waals surface area contributed by atoms with Gasteiger partial charge in [0.25, 0.3) is 5.91 Å². The van der Waals surface area contributed by atoms with E-state index in [-0.39, 0.29) is 5.57 Å². The average Bonchev–Trinajstić information content (AvgIpc) is 3.49. The number of amides is 1. The predicted molar refractivity (Wildman–Crippen MR) is 152 cm³/mol.